The van der Waals surface area contributed by atoms with Gasteiger partial charge >= 0.3 is 0 Å². The molecule has 42 heavy (non-hydrogen) atoms. The van der Waals surface area contributed by atoms with Crippen LogP contribution < -0.4 is 5.32 Å². The molecule has 6 nitrogen and oxygen atoms in total. The lowest BCUT2D eigenvalue weighted by Crippen LogP contribution is -2.42. The number of amides is 1. The Bertz CT molecular complexity index is 1360. The highest BCUT2D eigenvalue weighted by molar-refractivity contribution is 7.18. The number of carbonyl (C=O) groups is 3. The van der Waals surface area contributed by atoms with E-state index in [1.54, 1.807) is 11.3 Å². The molecule has 2 aromatic carbocycles. The van der Waals surface area contributed by atoms with E-state index in [4.69, 9.17) is 4.98 Å². The van der Waals surface area contributed by atoms with Crippen molar-refractivity contribution in [3.8, 4) is 0 Å². The number of aryl methyl sites for hydroxylation is 1. The number of rotatable bonds is 17. The maximum absolute atomic E-state index is 13.8. The lowest BCUT2D eigenvalue weighted by atomic mass is 9.94. The third kappa shape index (κ3) is 9.43. The van der Waals surface area contributed by atoms with Crippen LogP contribution in [-0.4, -0.2) is 53.0 Å². The second-order valence-electron chi connectivity index (χ2n) is 11.6. The van der Waals surface area contributed by atoms with Gasteiger partial charge in [0.1, 0.15) is 5.78 Å². The standard InChI is InChI=1S/C35H45N3O3S/c1-4-11-30(39)22-28(23-34-37-31-16-14-26(5-2)21-33(31)42-34)35(41)36-29(20-27-12-7-6-8-13-27)15-17-32(40)25(3)24-38-18-9-10-19-38/h6-8,12-14,16,21,28-29H,3-5,9-11,15,17-20,22-24H2,1-2H3,(H,36,41)/t28-,29+/m0/s1. The van der Waals surface area contributed by atoms with Crippen LogP contribution >= 0.6 is 11.3 Å². The minimum atomic E-state index is -0.505. The molecule has 1 N–H and O–H groups in total. The average Bonchev–Trinajstić information content (AvgIpc) is 3.65. The number of hydrogen-bond acceptors (Lipinski definition) is 6. The summed E-state index contributed by atoms with van der Waals surface area (Å²) in [7, 11) is 0. The Labute approximate surface area is 254 Å². The maximum Gasteiger partial charge on any atom is 0.224 e. The molecule has 3 aromatic rings. The van der Waals surface area contributed by atoms with Gasteiger partial charge in [-0.25, -0.2) is 4.98 Å². The Hall–Kier alpha value is -3.16. The summed E-state index contributed by atoms with van der Waals surface area (Å²) in [6.45, 7) is 10.8. The molecule has 1 amide bonds. The number of likely N-dealkylation sites (tertiary alicyclic amines) is 1. The summed E-state index contributed by atoms with van der Waals surface area (Å²) in [6, 6.07) is 16.1. The highest BCUT2D eigenvalue weighted by Crippen LogP contribution is 2.27. The molecule has 1 aromatic heterocycles. The Kier molecular flexibility index (Phi) is 12.0. The summed E-state index contributed by atoms with van der Waals surface area (Å²) in [5.74, 6) is -0.489. The molecule has 2 heterocycles. The second-order valence-corrected chi connectivity index (χ2v) is 12.7. The zero-order valence-electron chi connectivity index (χ0n) is 25.2. The number of fused-ring (bicyclic) bond motifs is 1. The molecule has 0 saturated carbocycles. The van der Waals surface area contributed by atoms with E-state index in [0.29, 0.717) is 44.2 Å². The lowest BCUT2D eigenvalue weighted by molar-refractivity contribution is -0.130. The molecule has 0 bridgehead atoms. The molecule has 224 valence electrons. The Balaban J connectivity index is 1.47. The van der Waals surface area contributed by atoms with Crippen molar-refractivity contribution >= 4 is 39.0 Å². The molecule has 1 aliphatic heterocycles. The fraction of sp³-hybridized carbons (Fsp3) is 0.486. The molecular formula is C35H45N3O3S. The van der Waals surface area contributed by atoms with E-state index in [0.717, 1.165) is 46.7 Å². The van der Waals surface area contributed by atoms with Gasteiger partial charge in [0.2, 0.25) is 5.91 Å². The number of nitrogens with one attached hydrogen (secondary N) is 1. The zero-order chi connectivity index (χ0) is 29.9. The Morgan fingerprint density at radius 3 is 2.48 bits per heavy atom. The molecule has 0 spiro atoms. The van der Waals surface area contributed by atoms with Crippen molar-refractivity contribution in [3.05, 3.63) is 76.8 Å². The summed E-state index contributed by atoms with van der Waals surface area (Å²) in [5, 5.41) is 4.12. The molecule has 1 aliphatic rings. The first kappa shape index (κ1) is 31.8. The van der Waals surface area contributed by atoms with E-state index < -0.39 is 5.92 Å². The van der Waals surface area contributed by atoms with Gasteiger partial charge in [-0.2, -0.15) is 0 Å². The van der Waals surface area contributed by atoms with Crippen LogP contribution in [0.3, 0.4) is 0 Å². The summed E-state index contributed by atoms with van der Waals surface area (Å²) in [5.41, 5.74) is 3.93. The highest BCUT2D eigenvalue weighted by atomic mass is 32.1. The number of ketones is 2. The second kappa shape index (κ2) is 15.9. The van der Waals surface area contributed by atoms with Crippen molar-refractivity contribution in [2.45, 2.75) is 84.1 Å². The molecule has 0 unspecified atom stereocenters. The number of Topliss-reactive ketones (excluding diaryl/α,β-unsaturated/α-hetero) is 2. The molecule has 1 fully saturated rings. The first-order valence-electron chi connectivity index (χ1n) is 15.5. The number of nitrogens with zero attached hydrogens (tertiary/aromatic N) is 2. The Morgan fingerprint density at radius 2 is 1.76 bits per heavy atom. The van der Waals surface area contributed by atoms with Crippen LogP contribution in [-0.2, 0) is 33.6 Å². The molecule has 0 radical (unpaired) electrons. The number of aromatic nitrogens is 1. The average molecular weight is 588 g/mol. The SMILES string of the molecule is C=C(CN1CCCC1)C(=O)CC[C@H](Cc1ccccc1)NC(=O)[C@@H](CC(=O)CCC)Cc1nc2ccc(CC)cc2s1. The topological polar surface area (TPSA) is 79.4 Å². The molecule has 0 aliphatic carbocycles. The maximum atomic E-state index is 13.8. The smallest absolute Gasteiger partial charge is 0.224 e. The van der Waals surface area contributed by atoms with E-state index in [2.05, 4.69) is 35.9 Å². The number of hydrogen-bond donors (Lipinski definition) is 1. The summed E-state index contributed by atoms with van der Waals surface area (Å²) in [6.07, 6.45) is 6.61. The van der Waals surface area contributed by atoms with E-state index in [-0.39, 0.29) is 29.9 Å². The monoisotopic (exact) mass is 587 g/mol. The molecule has 7 heteroatoms. The van der Waals surface area contributed by atoms with Gasteiger partial charge in [0, 0.05) is 43.8 Å². The van der Waals surface area contributed by atoms with Crippen LogP contribution in [0.25, 0.3) is 10.2 Å². The molecule has 2 atom stereocenters. The normalized spacial score (nSPS) is 15.0. The highest BCUT2D eigenvalue weighted by Gasteiger charge is 2.27. The van der Waals surface area contributed by atoms with Crippen LogP contribution in [0.1, 0.15) is 74.9 Å². The largest absolute Gasteiger partial charge is 0.353 e. The van der Waals surface area contributed by atoms with Crippen molar-refractivity contribution in [3.63, 3.8) is 0 Å². The zero-order valence-corrected chi connectivity index (χ0v) is 26.0. The third-order valence-electron chi connectivity index (χ3n) is 8.10. The Morgan fingerprint density at radius 1 is 1.00 bits per heavy atom. The third-order valence-corrected chi connectivity index (χ3v) is 9.14. The molecular weight excluding hydrogens is 542 g/mol. The summed E-state index contributed by atoms with van der Waals surface area (Å²) >= 11 is 1.60. The van der Waals surface area contributed by atoms with E-state index >= 15 is 0 Å². The van der Waals surface area contributed by atoms with Gasteiger partial charge in [0.05, 0.1) is 21.1 Å². The van der Waals surface area contributed by atoms with Gasteiger partial charge in [-0.15, -0.1) is 11.3 Å². The lowest BCUT2D eigenvalue weighted by Gasteiger charge is -2.23. The van der Waals surface area contributed by atoms with E-state index in [1.807, 2.05) is 43.3 Å². The first-order valence-corrected chi connectivity index (χ1v) is 16.3. The van der Waals surface area contributed by atoms with Gasteiger partial charge in [-0.1, -0.05) is 56.8 Å². The van der Waals surface area contributed by atoms with Crippen LogP contribution in [0.4, 0.5) is 0 Å². The number of thiazole rings is 1. The predicted octanol–water partition coefficient (Wildman–Crippen LogP) is 6.51. The van der Waals surface area contributed by atoms with Crippen molar-refractivity contribution in [2.24, 2.45) is 5.92 Å². The predicted molar refractivity (Wildman–Crippen MR) is 172 cm³/mol. The van der Waals surface area contributed by atoms with Crippen molar-refractivity contribution in [2.75, 3.05) is 19.6 Å². The van der Waals surface area contributed by atoms with Gasteiger partial charge < -0.3 is 5.32 Å². The minimum Gasteiger partial charge on any atom is -0.353 e. The molecule has 1 saturated heterocycles. The van der Waals surface area contributed by atoms with Crippen LogP contribution in [0.5, 0.6) is 0 Å². The fourth-order valence-electron chi connectivity index (χ4n) is 5.67. The van der Waals surface area contributed by atoms with Gasteiger partial charge in [0.15, 0.2) is 5.78 Å². The quantitative estimate of drug-likeness (QED) is 0.182. The van der Waals surface area contributed by atoms with Crippen LogP contribution in [0.2, 0.25) is 0 Å². The summed E-state index contributed by atoms with van der Waals surface area (Å²) < 4.78 is 1.11. The molecule has 4 rings (SSSR count). The van der Waals surface area contributed by atoms with Crippen molar-refractivity contribution in [1.82, 2.24) is 15.2 Å². The minimum absolute atomic E-state index is 0.0600. The van der Waals surface area contributed by atoms with E-state index in [9.17, 15) is 14.4 Å². The van der Waals surface area contributed by atoms with E-state index in [1.165, 1.54) is 18.4 Å². The van der Waals surface area contributed by atoms with Crippen LogP contribution in [0.15, 0.2) is 60.7 Å². The first-order chi connectivity index (χ1) is 20.3. The van der Waals surface area contributed by atoms with Gasteiger partial charge in [-0.3, -0.25) is 19.3 Å². The van der Waals surface area contributed by atoms with Crippen LogP contribution in [0, 0.1) is 5.92 Å². The summed E-state index contributed by atoms with van der Waals surface area (Å²) in [4.78, 5) is 46.7. The van der Waals surface area contributed by atoms with Crippen molar-refractivity contribution < 1.29 is 14.4 Å². The van der Waals surface area contributed by atoms with Gasteiger partial charge in [-0.05, 0) is 74.9 Å². The fourth-order valence-corrected chi connectivity index (χ4v) is 6.78. The van der Waals surface area contributed by atoms with Crippen molar-refractivity contribution in [1.29, 1.82) is 0 Å². The number of carbonyl (C=O) groups excluding carboxylic acids is 3. The van der Waals surface area contributed by atoms with Gasteiger partial charge in [0.25, 0.3) is 0 Å². The number of benzene rings is 2.